The topological polar surface area (TPSA) is 316 Å². The number of aliphatic hydroxyl groups excluding tert-OH is 1. The van der Waals surface area contributed by atoms with E-state index >= 15 is 0 Å². The first-order valence-corrected chi connectivity index (χ1v) is 30.2. The molecule has 27 heteroatoms. The maximum absolute atomic E-state index is 14.0. The molecule has 0 saturated carbocycles. The minimum absolute atomic E-state index is 0.00134. The van der Waals surface area contributed by atoms with Gasteiger partial charge in [-0.25, -0.2) is 9.69 Å². The third kappa shape index (κ3) is 24.6. The summed E-state index contributed by atoms with van der Waals surface area (Å²) in [5, 5.41) is 22.6. The number of anilines is 2. The predicted molar refractivity (Wildman–Crippen MR) is 319 cm³/mol. The van der Waals surface area contributed by atoms with E-state index in [2.05, 4.69) is 28.2 Å². The van der Waals surface area contributed by atoms with Crippen molar-refractivity contribution in [1.29, 1.82) is 0 Å². The summed E-state index contributed by atoms with van der Waals surface area (Å²) >= 11 is 0. The minimum atomic E-state index is -1.46. The molecule has 27 nitrogen and oxygen atoms in total. The Bertz CT molecular complexity index is 2560. The number of carbonyl (C=O) groups is 8. The molecule has 0 aromatic heterocycles. The van der Waals surface area contributed by atoms with Gasteiger partial charge in [0.05, 0.1) is 137 Å². The molecule has 1 saturated heterocycles. The summed E-state index contributed by atoms with van der Waals surface area (Å²) in [5.41, 5.74) is 2.07. The fraction of sp³-hybridized carbons (Fsp3) is 0.639. The molecule has 0 radical (unpaired) electrons. The smallest absolute Gasteiger partial charge is 0.416 e. The maximum Gasteiger partial charge on any atom is 0.416 e. The standard InChI is InChI=1S/C61H91N7O20/c1-7-8-9-20-87-51-39-48-47(38-50(51)78-6)59(75)67-40-43(4)37-49(67)60(76)68(48)61(77)88-41-45-10-12-46(13-11-45)64-57(73)44(5)63-58(74)56(42(2)3)65-53(70)17-21-79-23-25-81-27-29-83-31-33-85-35-36-86-34-32-84-30-28-82-26-24-80-22-18-62-52(69)16-19-66-54(71)14-15-55(66)72/h10-13,38-40,42,44,49,56,60,76H,7-9,14-37,41H2,1-6H3,(H,62,69)(H,63,74)(H,64,73)(H,65,70)/t44-,49-,56-,60-/m0/s1. The van der Waals surface area contributed by atoms with Crippen molar-refractivity contribution in [1.82, 2.24) is 25.8 Å². The van der Waals surface area contributed by atoms with Crippen molar-refractivity contribution < 1.29 is 95.6 Å². The van der Waals surface area contributed by atoms with Gasteiger partial charge in [0, 0.05) is 56.7 Å². The summed E-state index contributed by atoms with van der Waals surface area (Å²) in [6, 6.07) is 6.90. The molecule has 5 N–H and O–H groups in total. The second kappa shape index (κ2) is 39.9. The van der Waals surface area contributed by atoms with Crippen molar-refractivity contribution in [2.45, 2.75) is 117 Å². The van der Waals surface area contributed by atoms with Crippen molar-refractivity contribution in [2.24, 2.45) is 5.92 Å². The predicted octanol–water partition coefficient (Wildman–Crippen LogP) is 3.62. The number of hydrogen-bond donors (Lipinski definition) is 5. The summed E-state index contributed by atoms with van der Waals surface area (Å²) in [4.78, 5) is 106. The Morgan fingerprint density at radius 1 is 0.659 bits per heavy atom. The molecule has 4 atom stereocenters. The van der Waals surface area contributed by atoms with Gasteiger partial charge in [-0.1, -0.05) is 51.3 Å². The fourth-order valence-corrected chi connectivity index (χ4v) is 9.20. The lowest BCUT2D eigenvalue weighted by atomic mass is 10.0. The zero-order valence-corrected chi connectivity index (χ0v) is 51.8. The van der Waals surface area contributed by atoms with E-state index in [1.807, 2.05) is 6.92 Å². The van der Waals surface area contributed by atoms with Gasteiger partial charge in [-0.2, -0.15) is 0 Å². The number of ether oxygens (including phenoxy) is 11. The SMILES string of the molecule is CCCCCOc1cc2c(cc1OC)C(=O)N1C=C(C)C[C@H]1[C@H](O)N2C(=O)OCc1ccc(NC(=O)[C@H](C)NC(=O)[C@@H](NC(=O)CCOCCOCCOCCOCCOCCOCCOCCOCCNC(=O)CCN2C(=O)CCC2=O)C(C)C)cc1. The van der Waals surface area contributed by atoms with Crippen molar-refractivity contribution in [3.63, 3.8) is 0 Å². The number of likely N-dealkylation sites (tertiary alicyclic amines) is 1. The van der Waals surface area contributed by atoms with Crippen LogP contribution in [0, 0.1) is 5.92 Å². The number of aliphatic hydroxyl groups is 1. The molecule has 490 valence electrons. The van der Waals surface area contributed by atoms with Crippen LogP contribution in [0.5, 0.6) is 11.5 Å². The van der Waals surface area contributed by atoms with Gasteiger partial charge in [0.15, 0.2) is 17.7 Å². The first kappa shape index (κ1) is 71.9. The molecule has 0 bridgehead atoms. The molecule has 2 aromatic rings. The Morgan fingerprint density at radius 3 is 1.76 bits per heavy atom. The Hall–Kier alpha value is -6.82. The summed E-state index contributed by atoms with van der Waals surface area (Å²) in [5.74, 6) is -2.24. The summed E-state index contributed by atoms with van der Waals surface area (Å²) in [6.45, 7) is 15.2. The number of carbonyl (C=O) groups excluding carboxylic acids is 8. The Morgan fingerprint density at radius 2 is 1.22 bits per heavy atom. The average molecular weight is 1240 g/mol. The maximum atomic E-state index is 14.0. The molecule has 3 aliphatic heterocycles. The van der Waals surface area contributed by atoms with Crippen molar-refractivity contribution in [2.75, 3.05) is 143 Å². The van der Waals surface area contributed by atoms with E-state index in [1.165, 1.54) is 31.1 Å². The van der Waals surface area contributed by atoms with E-state index in [0.29, 0.717) is 135 Å². The van der Waals surface area contributed by atoms with Crippen LogP contribution in [0.15, 0.2) is 48.2 Å². The second-order valence-corrected chi connectivity index (χ2v) is 21.3. The number of nitrogens with one attached hydrogen (secondary N) is 4. The number of amides is 8. The minimum Gasteiger partial charge on any atom is -0.493 e. The highest BCUT2D eigenvalue weighted by molar-refractivity contribution is 6.06. The second-order valence-electron chi connectivity index (χ2n) is 21.3. The van der Waals surface area contributed by atoms with Crippen LogP contribution in [-0.2, 0) is 78.0 Å². The van der Waals surface area contributed by atoms with Crippen LogP contribution in [0.1, 0.15) is 102 Å². The number of hydrogen-bond acceptors (Lipinski definition) is 20. The third-order valence-electron chi connectivity index (χ3n) is 14.0. The summed E-state index contributed by atoms with van der Waals surface area (Å²) in [6.07, 6.45) is 2.88. The lowest BCUT2D eigenvalue weighted by Crippen LogP contribution is -2.53. The van der Waals surface area contributed by atoms with Crippen molar-refractivity contribution in [3.05, 3.63) is 59.3 Å². The van der Waals surface area contributed by atoms with Gasteiger partial charge in [-0.15, -0.1) is 0 Å². The number of imide groups is 1. The van der Waals surface area contributed by atoms with Crippen molar-refractivity contribution >= 4 is 58.8 Å². The monoisotopic (exact) mass is 1240 g/mol. The van der Waals surface area contributed by atoms with Crippen LogP contribution >= 0.6 is 0 Å². The van der Waals surface area contributed by atoms with E-state index in [1.54, 1.807) is 44.3 Å². The third-order valence-corrected chi connectivity index (χ3v) is 14.0. The molecule has 5 rings (SSSR count). The van der Waals surface area contributed by atoms with Gasteiger partial charge >= 0.3 is 6.09 Å². The first-order valence-electron chi connectivity index (χ1n) is 30.2. The highest BCUT2D eigenvalue weighted by Crippen LogP contribution is 2.42. The van der Waals surface area contributed by atoms with Crippen molar-refractivity contribution in [3.8, 4) is 11.5 Å². The molecule has 8 amide bonds. The summed E-state index contributed by atoms with van der Waals surface area (Å²) in [7, 11) is 1.46. The fourth-order valence-electron chi connectivity index (χ4n) is 9.20. The Kier molecular flexibility index (Phi) is 32.7. The number of nitrogens with zero attached hydrogens (tertiary/aromatic N) is 3. The Balaban J connectivity index is 0.847. The van der Waals surface area contributed by atoms with E-state index in [9.17, 15) is 43.5 Å². The number of methoxy groups -OCH3 is 1. The van der Waals surface area contributed by atoms with Gasteiger partial charge in [0.2, 0.25) is 35.4 Å². The lowest BCUT2D eigenvalue weighted by molar-refractivity contribution is -0.138. The van der Waals surface area contributed by atoms with Gasteiger partial charge < -0.3 is 83.4 Å². The molecule has 3 heterocycles. The molecule has 3 aliphatic rings. The van der Waals surface area contributed by atoms with Crippen LogP contribution in [-0.4, -0.2) is 219 Å². The van der Waals surface area contributed by atoms with Gasteiger partial charge in [0.25, 0.3) is 5.91 Å². The molecular formula is C61H91N7O20. The van der Waals surface area contributed by atoms with Gasteiger partial charge in [-0.05, 0) is 56.4 Å². The number of unbranched alkanes of at least 4 members (excludes halogenated alkanes) is 2. The number of rotatable bonds is 44. The molecule has 88 heavy (non-hydrogen) atoms. The molecule has 0 aliphatic carbocycles. The van der Waals surface area contributed by atoms with E-state index in [0.717, 1.165) is 34.6 Å². The molecule has 1 fully saturated rings. The quantitative estimate of drug-likeness (QED) is 0.0467. The zero-order chi connectivity index (χ0) is 63.6. The van der Waals surface area contributed by atoms with E-state index in [-0.39, 0.29) is 86.9 Å². The van der Waals surface area contributed by atoms with Crippen LogP contribution < -0.4 is 35.6 Å². The number of fused-ring (bicyclic) bond motifs is 2. The highest BCUT2D eigenvalue weighted by Gasteiger charge is 2.45. The first-order chi connectivity index (χ1) is 42.5. The highest BCUT2D eigenvalue weighted by atomic mass is 16.6. The van der Waals surface area contributed by atoms with Crippen LogP contribution in [0.2, 0.25) is 0 Å². The zero-order valence-electron chi connectivity index (χ0n) is 51.8. The molecule has 0 spiro atoms. The average Bonchev–Trinajstić information content (AvgIpc) is 1.67. The number of benzene rings is 2. The lowest BCUT2D eigenvalue weighted by Gasteiger charge is -2.31. The van der Waals surface area contributed by atoms with Crippen LogP contribution in [0.4, 0.5) is 16.2 Å². The molecular weight excluding hydrogens is 1150 g/mol. The van der Waals surface area contributed by atoms with Crippen LogP contribution in [0.3, 0.4) is 0 Å². The van der Waals surface area contributed by atoms with E-state index < -0.39 is 54.1 Å². The Labute approximate surface area is 514 Å². The molecule has 2 aromatic carbocycles. The summed E-state index contributed by atoms with van der Waals surface area (Å²) < 4.78 is 61.3. The van der Waals surface area contributed by atoms with Gasteiger partial charge in [0.1, 0.15) is 18.7 Å². The van der Waals surface area contributed by atoms with E-state index in [4.69, 9.17) is 52.1 Å². The van der Waals surface area contributed by atoms with Crippen LogP contribution in [0.25, 0.3) is 0 Å². The normalized spacial score (nSPS) is 16.2. The largest absolute Gasteiger partial charge is 0.493 e. The van der Waals surface area contributed by atoms with Gasteiger partial charge in [-0.3, -0.25) is 38.5 Å². The molecule has 0 unspecified atom stereocenters.